The van der Waals surface area contributed by atoms with Crippen molar-refractivity contribution in [3.05, 3.63) is 41.0 Å². The van der Waals surface area contributed by atoms with Crippen LogP contribution in [0.5, 0.6) is 0 Å². The van der Waals surface area contributed by atoms with E-state index in [9.17, 15) is 0 Å². The lowest BCUT2D eigenvalue weighted by molar-refractivity contribution is 1.09. The summed E-state index contributed by atoms with van der Waals surface area (Å²) in [5.41, 5.74) is 1.95. The molecule has 2 aromatic rings. The van der Waals surface area contributed by atoms with Gasteiger partial charge in [0.05, 0.1) is 10.5 Å². The molecule has 0 aliphatic rings. The van der Waals surface area contributed by atoms with E-state index in [1.807, 2.05) is 32.0 Å². The molecule has 0 aliphatic carbocycles. The average Bonchev–Trinajstić information content (AvgIpc) is 2.43. The summed E-state index contributed by atoms with van der Waals surface area (Å²) < 4.78 is 0. The summed E-state index contributed by atoms with van der Waals surface area (Å²) in [5.74, 6) is 0. The minimum absolute atomic E-state index is 0.723. The first-order valence-corrected chi connectivity index (χ1v) is 7.07. The Morgan fingerprint density at radius 1 is 1.21 bits per heavy atom. The van der Waals surface area contributed by atoms with Crippen molar-refractivity contribution in [3.63, 3.8) is 0 Å². The van der Waals surface area contributed by atoms with Gasteiger partial charge in [0.25, 0.3) is 0 Å². The maximum absolute atomic E-state index is 6.04. The van der Waals surface area contributed by atoms with Crippen LogP contribution in [0.3, 0.4) is 0 Å². The predicted molar refractivity (Wildman–Crippen MR) is 87.6 cm³/mol. The molecule has 2 rings (SSSR count). The highest BCUT2D eigenvalue weighted by Crippen LogP contribution is 2.21. The lowest BCUT2D eigenvalue weighted by Gasteiger charge is -2.00. The fourth-order valence-electron chi connectivity index (χ4n) is 1.36. The molecule has 2 nitrogen and oxygen atoms in total. The van der Waals surface area contributed by atoms with Gasteiger partial charge in [0.15, 0.2) is 0 Å². The Morgan fingerprint density at radius 2 is 1.84 bits per heavy atom. The lowest BCUT2D eigenvalue weighted by atomic mass is 10.1. The smallest absolute Gasteiger partial charge is 0.0717 e. The minimum atomic E-state index is 0.723. The Morgan fingerprint density at radius 3 is 2.42 bits per heavy atom. The molecule has 1 heterocycles. The van der Waals surface area contributed by atoms with E-state index in [2.05, 4.69) is 23.8 Å². The first kappa shape index (κ1) is 17.6. The van der Waals surface area contributed by atoms with Crippen molar-refractivity contribution in [2.45, 2.75) is 34.1 Å². The molecular formula is C16H23ClN2. The van der Waals surface area contributed by atoms with Gasteiger partial charge in [-0.1, -0.05) is 51.8 Å². The summed E-state index contributed by atoms with van der Waals surface area (Å²) in [6.07, 6.45) is 4.75. The summed E-state index contributed by atoms with van der Waals surface area (Å²) in [4.78, 5) is 8.17. The second-order valence-electron chi connectivity index (χ2n) is 3.66. The molecule has 0 saturated carbocycles. The molecular weight excluding hydrogens is 256 g/mol. The topological polar surface area (TPSA) is 25.2 Å². The van der Waals surface area contributed by atoms with Crippen LogP contribution in [0, 0.1) is 0 Å². The number of pyridine rings is 1. The molecule has 0 N–H and O–H groups in total. The number of halogens is 1. The molecule has 3 heteroatoms. The van der Waals surface area contributed by atoms with Gasteiger partial charge in [-0.3, -0.25) is 9.98 Å². The second kappa shape index (κ2) is 10.5. The second-order valence-corrected chi connectivity index (χ2v) is 4.07. The van der Waals surface area contributed by atoms with Crippen molar-refractivity contribution in [1.29, 1.82) is 0 Å². The van der Waals surface area contributed by atoms with Gasteiger partial charge in [0.1, 0.15) is 0 Å². The van der Waals surface area contributed by atoms with Crippen LogP contribution in [-0.4, -0.2) is 18.2 Å². The van der Waals surface area contributed by atoms with Gasteiger partial charge in [-0.15, -0.1) is 0 Å². The largest absolute Gasteiger partial charge is 0.296 e. The first-order valence-electron chi connectivity index (χ1n) is 6.69. The van der Waals surface area contributed by atoms with Gasteiger partial charge in [0.2, 0.25) is 0 Å². The molecule has 0 atom stereocenters. The van der Waals surface area contributed by atoms with Crippen LogP contribution < -0.4 is 0 Å². The highest BCUT2D eigenvalue weighted by atomic mass is 35.5. The van der Waals surface area contributed by atoms with E-state index in [4.69, 9.17) is 11.6 Å². The molecule has 0 spiro atoms. The van der Waals surface area contributed by atoms with Crippen LogP contribution in [0.25, 0.3) is 10.9 Å². The van der Waals surface area contributed by atoms with E-state index in [-0.39, 0.29) is 0 Å². The Bertz CT molecular complexity index is 507. The molecule has 1 aromatic heterocycles. The number of aliphatic imine (C=N–C) groups is 1. The van der Waals surface area contributed by atoms with Gasteiger partial charge < -0.3 is 0 Å². The molecule has 0 saturated heterocycles. The van der Waals surface area contributed by atoms with Gasteiger partial charge in [0, 0.05) is 24.8 Å². The van der Waals surface area contributed by atoms with Crippen molar-refractivity contribution in [1.82, 2.24) is 4.98 Å². The number of nitrogens with zero attached hydrogens (tertiary/aromatic N) is 2. The molecule has 0 aliphatic heterocycles. The number of aromatic nitrogens is 1. The summed E-state index contributed by atoms with van der Waals surface area (Å²) >= 11 is 6.04. The van der Waals surface area contributed by atoms with Crippen molar-refractivity contribution < 1.29 is 0 Å². The molecule has 104 valence electrons. The highest BCUT2D eigenvalue weighted by Gasteiger charge is 1.99. The van der Waals surface area contributed by atoms with Crippen LogP contribution in [0.1, 0.15) is 39.7 Å². The predicted octanol–water partition coefficient (Wildman–Crippen LogP) is 5.38. The Labute approximate surface area is 121 Å². The van der Waals surface area contributed by atoms with Crippen molar-refractivity contribution in [2.75, 3.05) is 7.05 Å². The Balaban J connectivity index is 0.000000573. The average molecular weight is 279 g/mol. The quantitative estimate of drug-likeness (QED) is 0.643. The maximum atomic E-state index is 6.04. The van der Waals surface area contributed by atoms with Gasteiger partial charge in [-0.05, 0) is 23.8 Å². The third-order valence-electron chi connectivity index (χ3n) is 1.99. The van der Waals surface area contributed by atoms with E-state index >= 15 is 0 Å². The van der Waals surface area contributed by atoms with Crippen molar-refractivity contribution in [3.8, 4) is 0 Å². The lowest BCUT2D eigenvalue weighted by Crippen LogP contribution is -1.84. The molecule has 0 unspecified atom stereocenters. The van der Waals surface area contributed by atoms with Crippen molar-refractivity contribution >= 4 is 28.7 Å². The summed E-state index contributed by atoms with van der Waals surface area (Å²) in [5, 5.41) is 1.69. The minimum Gasteiger partial charge on any atom is -0.296 e. The Hall–Kier alpha value is -1.41. The summed E-state index contributed by atoms with van der Waals surface area (Å²) in [6.45, 7) is 8.25. The Kier molecular flexibility index (Phi) is 9.73. The summed E-state index contributed by atoms with van der Waals surface area (Å²) in [6, 6.07) is 7.69. The molecule has 0 amide bonds. The van der Waals surface area contributed by atoms with Crippen LogP contribution in [-0.2, 0) is 0 Å². The van der Waals surface area contributed by atoms with E-state index in [1.54, 1.807) is 25.5 Å². The number of hydrogen-bond donors (Lipinski definition) is 0. The maximum Gasteiger partial charge on any atom is 0.0717 e. The SMILES string of the molecule is CC.CCC.CN=Cc1ccc2nccc(Cl)c2c1. The van der Waals surface area contributed by atoms with E-state index < -0.39 is 0 Å². The molecule has 19 heavy (non-hydrogen) atoms. The number of rotatable bonds is 1. The molecule has 0 fully saturated rings. The normalized spacial score (nSPS) is 9.58. The van der Waals surface area contributed by atoms with Crippen LogP contribution in [0.4, 0.5) is 0 Å². The molecule has 0 bridgehead atoms. The summed E-state index contributed by atoms with van der Waals surface area (Å²) in [7, 11) is 1.75. The molecule has 0 radical (unpaired) electrons. The third-order valence-corrected chi connectivity index (χ3v) is 2.32. The zero-order valence-corrected chi connectivity index (χ0v) is 13.2. The third kappa shape index (κ3) is 5.84. The van der Waals surface area contributed by atoms with Crippen LogP contribution in [0.15, 0.2) is 35.5 Å². The van der Waals surface area contributed by atoms with Gasteiger partial charge >= 0.3 is 0 Å². The first-order chi connectivity index (χ1) is 9.22. The number of benzene rings is 1. The zero-order valence-electron chi connectivity index (χ0n) is 12.4. The van der Waals surface area contributed by atoms with Crippen molar-refractivity contribution in [2.24, 2.45) is 4.99 Å². The number of hydrogen-bond acceptors (Lipinski definition) is 2. The highest BCUT2D eigenvalue weighted by molar-refractivity contribution is 6.35. The number of fused-ring (bicyclic) bond motifs is 1. The van der Waals surface area contributed by atoms with Gasteiger partial charge in [-0.25, -0.2) is 0 Å². The fraction of sp³-hybridized carbons (Fsp3) is 0.375. The fourth-order valence-corrected chi connectivity index (χ4v) is 1.57. The van der Waals surface area contributed by atoms with E-state index in [1.165, 1.54) is 6.42 Å². The van der Waals surface area contributed by atoms with E-state index in [0.717, 1.165) is 21.5 Å². The van der Waals surface area contributed by atoms with Crippen LogP contribution in [0.2, 0.25) is 5.02 Å². The monoisotopic (exact) mass is 278 g/mol. The van der Waals surface area contributed by atoms with Crippen LogP contribution >= 0.6 is 11.6 Å². The van der Waals surface area contributed by atoms with E-state index in [0.29, 0.717) is 0 Å². The van der Waals surface area contributed by atoms with Gasteiger partial charge in [-0.2, -0.15) is 0 Å². The zero-order chi connectivity index (χ0) is 14.7. The molecule has 1 aromatic carbocycles. The standard InChI is InChI=1S/C11H9ClN2.C3H8.C2H6/c1-13-7-8-2-3-11-9(6-8)10(12)4-5-14-11;1-3-2;1-2/h2-7H,1H3;3H2,1-2H3;1-2H3.